The predicted octanol–water partition coefficient (Wildman–Crippen LogP) is 3.10. The molecule has 0 saturated carbocycles. The van der Waals surface area contributed by atoms with E-state index in [4.69, 9.17) is 11.6 Å². The van der Waals surface area contributed by atoms with Gasteiger partial charge in [-0.1, -0.05) is 0 Å². The van der Waals surface area contributed by atoms with Crippen molar-refractivity contribution < 1.29 is 0 Å². The van der Waals surface area contributed by atoms with Gasteiger partial charge in [0.15, 0.2) is 0 Å². The van der Waals surface area contributed by atoms with Crippen molar-refractivity contribution >= 4 is 44.7 Å². The van der Waals surface area contributed by atoms with E-state index in [1.54, 1.807) is 18.6 Å². The predicted molar refractivity (Wildman–Crippen MR) is 76.6 cm³/mol. The molecule has 2 heterocycles. The Morgan fingerprint density at radius 3 is 2.83 bits per heavy atom. The van der Waals surface area contributed by atoms with Crippen LogP contribution in [0.4, 0.5) is 17.2 Å². The number of anilines is 3. The molecule has 18 heavy (non-hydrogen) atoms. The van der Waals surface area contributed by atoms with Gasteiger partial charge >= 0.3 is 0 Å². The molecule has 0 bridgehead atoms. The van der Waals surface area contributed by atoms with Gasteiger partial charge in [-0.15, -0.1) is 0 Å². The first-order valence-corrected chi connectivity index (χ1v) is 6.31. The van der Waals surface area contributed by atoms with E-state index in [2.05, 4.69) is 36.2 Å². The van der Waals surface area contributed by atoms with E-state index in [0.717, 1.165) is 15.8 Å². The lowest BCUT2D eigenvalue weighted by molar-refractivity contribution is 1.10. The minimum absolute atomic E-state index is 0.196. The first-order valence-electron chi connectivity index (χ1n) is 5.14. The lowest BCUT2D eigenvalue weighted by Crippen LogP contribution is -2.11. The Morgan fingerprint density at radius 2 is 2.11 bits per heavy atom. The van der Waals surface area contributed by atoms with Gasteiger partial charge in [-0.25, -0.2) is 4.98 Å². The number of hydrogen-bond acceptors (Lipinski definition) is 5. The normalized spacial score (nSPS) is 10.2. The molecule has 0 aliphatic carbocycles. The quantitative estimate of drug-likeness (QED) is 0.878. The maximum atomic E-state index is 5.78. The first kappa shape index (κ1) is 13.0. The van der Waals surface area contributed by atoms with Crippen molar-refractivity contribution in [2.45, 2.75) is 0 Å². The Morgan fingerprint density at radius 1 is 1.33 bits per heavy atom. The van der Waals surface area contributed by atoms with Gasteiger partial charge in [0.2, 0.25) is 5.28 Å². The van der Waals surface area contributed by atoms with E-state index in [1.165, 1.54) is 0 Å². The fourth-order valence-corrected chi connectivity index (χ4v) is 1.83. The average molecular weight is 329 g/mol. The molecule has 7 heteroatoms. The van der Waals surface area contributed by atoms with E-state index in [-0.39, 0.29) is 5.28 Å². The van der Waals surface area contributed by atoms with Crippen LogP contribution < -0.4 is 10.2 Å². The van der Waals surface area contributed by atoms with Gasteiger partial charge < -0.3 is 10.2 Å². The highest BCUT2D eigenvalue weighted by molar-refractivity contribution is 9.10. The van der Waals surface area contributed by atoms with Crippen LogP contribution in [0.3, 0.4) is 0 Å². The fourth-order valence-electron chi connectivity index (χ4n) is 1.41. The van der Waals surface area contributed by atoms with E-state index in [1.807, 2.05) is 25.1 Å². The third-order valence-electron chi connectivity index (χ3n) is 2.25. The molecular formula is C11H11BrClN5. The zero-order valence-corrected chi connectivity index (χ0v) is 12.2. The molecule has 0 atom stereocenters. The monoisotopic (exact) mass is 327 g/mol. The van der Waals surface area contributed by atoms with Gasteiger partial charge in [0.25, 0.3) is 0 Å². The number of pyridine rings is 1. The molecule has 0 unspecified atom stereocenters. The van der Waals surface area contributed by atoms with Crippen molar-refractivity contribution in [2.24, 2.45) is 0 Å². The van der Waals surface area contributed by atoms with Gasteiger partial charge in [-0.05, 0) is 33.6 Å². The van der Waals surface area contributed by atoms with Crippen LogP contribution in [0, 0.1) is 0 Å². The zero-order valence-electron chi connectivity index (χ0n) is 9.85. The highest BCUT2D eigenvalue weighted by Crippen LogP contribution is 2.29. The number of nitrogens with one attached hydrogen (secondary N) is 1. The number of rotatable bonds is 3. The molecule has 2 rings (SSSR count). The zero-order chi connectivity index (χ0) is 13.1. The summed E-state index contributed by atoms with van der Waals surface area (Å²) in [6.45, 7) is 0. The number of aromatic nitrogens is 3. The Hall–Kier alpha value is -1.40. The minimum Gasteiger partial charge on any atom is -0.375 e. The summed E-state index contributed by atoms with van der Waals surface area (Å²) in [5.41, 5.74) is 1.85. The van der Waals surface area contributed by atoms with E-state index < -0.39 is 0 Å². The van der Waals surface area contributed by atoms with Gasteiger partial charge in [-0.3, -0.25) is 4.98 Å². The highest BCUT2D eigenvalue weighted by atomic mass is 79.9. The molecule has 1 N–H and O–H groups in total. The maximum Gasteiger partial charge on any atom is 0.224 e. The molecule has 0 amide bonds. The van der Waals surface area contributed by atoms with Gasteiger partial charge in [-0.2, -0.15) is 4.98 Å². The minimum atomic E-state index is 0.196. The summed E-state index contributed by atoms with van der Waals surface area (Å²) in [5, 5.41) is 3.39. The van der Waals surface area contributed by atoms with Crippen LogP contribution in [0.15, 0.2) is 29.1 Å². The topological polar surface area (TPSA) is 53.9 Å². The maximum absolute atomic E-state index is 5.78. The second-order valence-electron chi connectivity index (χ2n) is 3.75. The molecule has 0 aromatic carbocycles. The van der Waals surface area contributed by atoms with Gasteiger partial charge in [0.05, 0.1) is 22.0 Å². The van der Waals surface area contributed by atoms with Crippen LogP contribution in [0.2, 0.25) is 5.28 Å². The summed E-state index contributed by atoms with van der Waals surface area (Å²) in [6.07, 6.45) is 5.10. The Labute approximate surface area is 118 Å². The number of halogens is 2. The molecule has 0 spiro atoms. The fraction of sp³-hybridized carbons (Fsp3) is 0.182. The van der Waals surface area contributed by atoms with Crippen LogP contribution in [0.5, 0.6) is 0 Å². The summed E-state index contributed by atoms with van der Waals surface area (Å²) in [5.74, 6) is 0.615. The molecule has 2 aromatic heterocycles. The molecule has 94 valence electrons. The van der Waals surface area contributed by atoms with Crippen LogP contribution >= 0.6 is 27.5 Å². The van der Waals surface area contributed by atoms with E-state index in [9.17, 15) is 0 Å². The first-order chi connectivity index (χ1) is 8.58. The Kier molecular flexibility index (Phi) is 3.98. The smallest absolute Gasteiger partial charge is 0.224 e. The summed E-state index contributed by atoms with van der Waals surface area (Å²) in [7, 11) is 3.90. The summed E-state index contributed by atoms with van der Waals surface area (Å²) < 4.78 is 0.744. The standard InChI is InChI=1S/C11H11BrClN5/c1-18(2)9-6-14-4-3-8(9)16-10-7(12)5-15-11(13)17-10/h3-6H,1-2H3,(H,14,15,16,17). The average Bonchev–Trinajstić information content (AvgIpc) is 2.34. The van der Waals surface area contributed by atoms with E-state index in [0.29, 0.717) is 5.82 Å². The SMILES string of the molecule is CN(C)c1cnccc1Nc1nc(Cl)ncc1Br. The second-order valence-corrected chi connectivity index (χ2v) is 4.94. The Bertz CT molecular complexity index is 561. The summed E-state index contributed by atoms with van der Waals surface area (Å²) in [6, 6.07) is 1.87. The van der Waals surface area contributed by atoms with E-state index >= 15 is 0 Å². The van der Waals surface area contributed by atoms with Crippen molar-refractivity contribution in [2.75, 3.05) is 24.3 Å². The van der Waals surface area contributed by atoms with Gasteiger partial charge in [0, 0.05) is 26.5 Å². The number of hydrogen-bond donors (Lipinski definition) is 1. The Balaban J connectivity index is 2.37. The molecule has 0 fully saturated rings. The molecule has 2 aromatic rings. The highest BCUT2D eigenvalue weighted by Gasteiger charge is 2.08. The van der Waals surface area contributed by atoms with Crippen LogP contribution in [-0.2, 0) is 0 Å². The third-order valence-corrected chi connectivity index (χ3v) is 3.01. The molecule has 0 saturated heterocycles. The van der Waals surface area contributed by atoms with Crippen LogP contribution in [0.1, 0.15) is 0 Å². The molecule has 0 aliphatic heterocycles. The summed E-state index contributed by atoms with van der Waals surface area (Å²) >= 11 is 9.15. The van der Waals surface area contributed by atoms with Crippen LogP contribution in [-0.4, -0.2) is 29.0 Å². The summed E-state index contributed by atoms with van der Waals surface area (Å²) in [4.78, 5) is 14.1. The third kappa shape index (κ3) is 2.88. The largest absolute Gasteiger partial charge is 0.375 e. The van der Waals surface area contributed by atoms with Crippen molar-refractivity contribution in [3.05, 3.63) is 34.4 Å². The number of nitrogens with zero attached hydrogens (tertiary/aromatic N) is 4. The van der Waals surface area contributed by atoms with Crippen LogP contribution in [0.25, 0.3) is 0 Å². The molecule has 0 aliphatic rings. The lowest BCUT2D eigenvalue weighted by atomic mass is 10.3. The van der Waals surface area contributed by atoms with Crippen molar-refractivity contribution in [1.29, 1.82) is 0 Å². The van der Waals surface area contributed by atoms with Crippen molar-refractivity contribution in [3.8, 4) is 0 Å². The molecule has 5 nitrogen and oxygen atoms in total. The van der Waals surface area contributed by atoms with Crippen molar-refractivity contribution in [3.63, 3.8) is 0 Å². The molecule has 0 radical (unpaired) electrons. The molecular weight excluding hydrogens is 318 g/mol. The van der Waals surface area contributed by atoms with Gasteiger partial charge in [0.1, 0.15) is 5.82 Å². The van der Waals surface area contributed by atoms with Crippen molar-refractivity contribution in [1.82, 2.24) is 15.0 Å². The second kappa shape index (κ2) is 5.49. The lowest BCUT2D eigenvalue weighted by Gasteiger charge is -2.17.